The second kappa shape index (κ2) is 7.26. The molecular weight excluding hydrogens is 300 g/mol. The van der Waals surface area contributed by atoms with Crippen LogP contribution in [0.3, 0.4) is 0 Å². The molecule has 22 heavy (non-hydrogen) atoms. The Bertz CT molecular complexity index is 585. The highest BCUT2D eigenvalue weighted by Gasteiger charge is 2.31. The van der Waals surface area contributed by atoms with Crippen LogP contribution in [0.1, 0.15) is 33.1 Å². The van der Waals surface area contributed by atoms with Crippen molar-refractivity contribution in [2.24, 2.45) is 0 Å². The Labute approximate surface area is 133 Å². The second-order valence-corrected chi connectivity index (χ2v) is 8.12. The summed E-state index contributed by atoms with van der Waals surface area (Å²) in [5, 5.41) is 0. The molecule has 2 heterocycles. The van der Waals surface area contributed by atoms with Crippen molar-refractivity contribution in [1.82, 2.24) is 9.97 Å². The van der Waals surface area contributed by atoms with Crippen molar-refractivity contribution in [2.45, 2.75) is 39.2 Å². The molecule has 1 atom stereocenters. The van der Waals surface area contributed by atoms with Gasteiger partial charge in [0.2, 0.25) is 0 Å². The first-order valence-corrected chi connectivity index (χ1v) is 9.79. The van der Waals surface area contributed by atoms with Gasteiger partial charge in [-0.1, -0.05) is 13.8 Å². The zero-order chi connectivity index (χ0) is 16.2. The number of sulfone groups is 1. The molecule has 0 aliphatic carbocycles. The molecule has 0 radical (unpaired) electrons. The third-order valence-corrected chi connectivity index (χ3v) is 5.82. The largest absolute Gasteiger partial charge is 0.356 e. The van der Waals surface area contributed by atoms with E-state index in [4.69, 9.17) is 0 Å². The number of hydrogen-bond donors (Lipinski definition) is 0. The highest BCUT2D eigenvalue weighted by atomic mass is 32.2. The van der Waals surface area contributed by atoms with Crippen LogP contribution in [0.4, 0.5) is 11.6 Å². The van der Waals surface area contributed by atoms with Gasteiger partial charge in [-0.25, -0.2) is 18.4 Å². The van der Waals surface area contributed by atoms with Gasteiger partial charge in [0.15, 0.2) is 9.84 Å². The van der Waals surface area contributed by atoms with Crippen LogP contribution in [0, 0.1) is 0 Å². The van der Waals surface area contributed by atoms with E-state index < -0.39 is 9.84 Å². The summed E-state index contributed by atoms with van der Waals surface area (Å²) in [7, 11) is -0.969. The number of aromatic nitrogens is 2. The third-order valence-electron chi connectivity index (χ3n) is 4.07. The van der Waals surface area contributed by atoms with Gasteiger partial charge in [0, 0.05) is 32.2 Å². The first-order valence-electron chi connectivity index (χ1n) is 7.97. The maximum Gasteiger partial charge on any atom is 0.152 e. The summed E-state index contributed by atoms with van der Waals surface area (Å²) < 4.78 is 23.3. The predicted molar refractivity (Wildman–Crippen MR) is 90.3 cm³/mol. The smallest absolute Gasteiger partial charge is 0.152 e. The topological polar surface area (TPSA) is 66.4 Å². The fourth-order valence-electron chi connectivity index (χ4n) is 2.85. The second-order valence-electron chi connectivity index (χ2n) is 5.89. The average molecular weight is 326 g/mol. The molecule has 1 aromatic rings. The van der Waals surface area contributed by atoms with E-state index in [9.17, 15) is 8.42 Å². The molecular formula is C15H26N4O2S. The zero-order valence-corrected chi connectivity index (χ0v) is 14.5. The van der Waals surface area contributed by atoms with Crippen LogP contribution in [0.2, 0.25) is 0 Å². The Morgan fingerprint density at radius 2 is 1.82 bits per heavy atom. The van der Waals surface area contributed by atoms with Crippen molar-refractivity contribution in [2.75, 3.05) is 41.4 Å². The van der Waals surface area contributed by atoms with Gasteiger partial charge >= 0.3 is 0 Å². The van der Waals surface area contributed by atoms with Crippen molar-refractivity contribution in [3.05, 3.63) is 12.4 Å². The Balaban J connectivity index is 2.16. The van der Waals surface area contributed by atoms with Crippen LogP contribution in [0.15, 0.2) is 12.4 Å². The SMILES string of the molecule is CCCN(CCC)c1cc(N(C)C2CCS(=O)(=O)C2)ncn1. The Morgan fingerprint density at radius 1 is 1.18 bits per heavy atom. The van der Waals surface area contributed by atoms with Crippen LogP contribution in [0.25, 0.3) is 0 Å². The summed E-state index contributed by atoms with van der Waals surface area (Å²) in [5.41, 5.74) is 0. The van der Waals surface area contributed by atoms with Gasteiger partial charge in [-0.15, -0.1) is 0 Å². The molecule has 7 heteroatoms. The molecule has 0 bridgehead atoms. The summed E-state index contributed by atoms with van der Waals surface area (Å²) in [6.07, 6.45) is 4.38. The molecule has 0 saturated carbocycles. The molecule has 1 aromatic heterocycles. The minimum Gasteiger partial charge on any atom is -0.356 e. The minimum absolute atomic E-state index is 0.0125. The zero-order valence-electron chi connectivity index (χ0n) is 13.7. The fraction of sp³-hybridized carbons (Fsp3) is 0.733. The lowest BCUT2D eigenvalue weighted by atomic mass is 10.2. The Kier molecular flexibility index (Phi) is 5.61. The lowest BCUT2D eigenvalue weighted by Crippen LogP contribution is -2.33. The first-order chi connectivity index (χ1) is 10.5. The summed E-state index contributed by atoms with van der Waals surface area (Å²) in [4.78, 5) is 12.9. The number of anilines is 2. The van der Waals surface area contributed by atoms with E-state index in [0.29, 0.717) is 6.42 Å². The van der Waals surface area contributed by atoms with Crippen LogP contribution in [0.5, 0.6) is 0 Å². The molecule has 1 saturated heterocycles. The maximum absolute atomic E-state index is 11.7. The third kappa shape index (κ3) is 4.09. The summed E-state index contributed by atoms with van der Waals surface area (Å²) in [5.74, 6) is 2.21. The normalized spacial score (nSPS) is 20.0. The van der Waals surface area contributed by atoms with Crippen molar-refractivity contribution >= 4 is 21.5 Å². The van der Waals surface area contributed by atoms with Gasteiger partial charge in [-0.3, -0.25) is 0 Å². The van der Waals surface area contributed by atoms with Crippen molar-refractivity contribution in [3.8, 4) is 0 Å². The van der Waals surface area contributed by atoms with Crippen LogP contribution in [-0.4, -0.2) is 56.1 Å². The van der Waals surface area contributed by atoms with Crippen LogP contribution in [-0.2, 0) is 9.84 Å². The van der Waals surface area contributed by atoms with E-state index in [1.165, 1.54) is 0 Å². The van der Waals surface area contributed by atoms with Gasteiger partial charge in [-0.05, 0) is 19.3 Å². The molecule has 1 fully saturated rings. The van der Waals surface area contributed by atoms with Gasteiger partial charge in [0.05, 0.1) is 11.5 Å². The molecule has 1 aliphatic heterocycles. The van der Waals surface area contributed by atoms with E-state index in [-0.39, 0.29) is 17.5 Å². The van der Waals surface area contributed by atoms with Crippen molar-refractivity contribution in [3.63, 3.8) is 0 Å². The highest BCUT2D eigenvalue weighted by molar-refractivity contribution is 7.91. The molecule has 0 spiro atoms. The molecule has 1 aliphatic rings. The van der Waals surface area contributed by atoms with E-state index in [2.05, 4.69) is 28.7 Å². The van der Waals surface area contributed by atoms with E-state index in [1.807, 2.05) is 18.0 Å². The standard InChI is InChI=1S/C15H26N4O2S/c1-4-7-19(8-5-2)15-10-14(16-12-17-15)18(3)13-6-9-22(20,21)11-13/h10,12-13H,4-9,11H2,1-3H3. The Hall–Kier alpha value is -1.37. The summed E-state index contributed by atoms with van der Waals surface area (Å²) in [6, 6.07) is 1.98. The average Bonchev–Trinajstić information content (AvgIpc) is 2.86. The molecule has 2 rings (SSSR count). The maximum atomic E-state index is 11.7. The van der Waals surface area contributed by atoms with Gasteiger partial charge in [0.1, 0.15) is 18.0 Å². The summed E-state index contributed by atoms with van der Waals surface area (Å²) >= 11 is 0. The molecule has 0 aromatic carbocycles. The van der Waals surface area contributed by atoms with Crippen LogP contribution >= 0.6 is 0 Å². The van der Waals surface area contributed by atoms with Crippen molar-refractivity contribution < 1.29 is 8.42 Å². The summed E-state index contributed by atoms with van der Waals surface area (Å²) in [6.45, 7) is 6.23. The number of nitrogens with zero attached hydrogens (tertiary/aromatic N) is 4. The Morgan fingerprint density at radius 3 is 2.36 bits per heavy atom. The van der Waals surface area contributed by atoms with Gasteiger partial charge in [-0.2, -0.15) is 0 Å². The molecule has 6 nitrogen and oxygen atoms in total. The molecule has 0 N–H and O–H groups in total. The monoisotopic (exact) mass is 326 g/mol. The van der Waals surface area contributed by atoms with E-state index in [0.717, 1.165) is 37.6 Å². The quantitative estimate of drug-likeness (QED) is 0.760. The highest BCUT2D eigenvalue weighted by Crippen LogP contribution is 2.23. The fourth-order valence-corrected chi connectivity index (χ4v) is 4.63. The lowest BCUT2D eigenvalue weighted by Gasteiger charge is -2.27. The first kappa shape index (κ1) is 17.0. The molecule has 0 amide bonds. The van der Waals surface area contributed by atoms with E-state index in [1.54, 1.807) is 6.33 Å². The van der Waals surface area contributed by atoms with Gasteiger partial charge in [0.25, 0.3) is 0 Å². The van der Waals surface area contributed by atoms with E-state index >= 15 is 0 Å². The lowest BCUT2D eigenvalue weighted by molar-refractivity contribution is 0.600. The van der Waals surface area contributed by atoms with Gasteiger partial charge < -0.3 is 9.80 Å². The molecule has 124 valence electrons. The van der Waals surface area contributed by atoms with Crippen LogP contribution < -0.4 is 9.80 Å². The van der Waals surface area contributed by atoms with Crippen molar-refractivity contribution in [1.29, 1.82) is 0 Å². The predicted octanol–water partition coefficient (Wildman–Crippen LogP) is 1.73. The number of hydrogen-bond acceptors (Lipinski definition) is 6. The number of rotatable bonds is 7. The molecule has 1 unspecified atom stereocenters. The minimum atomic E-state index is -2.89.